The third-order valence-corrected chi connectivity index (χ3v) is 6.10. The monoisotopic (exact) mass is 417 g/mol. The molecule has 0 amide bonds. The SMILES string of the molecule is CCn1cnc2c(=O)n(-c3ccc(Cl)cc3)c(SCc3csc(C)n3)nc21. The lowest BCUT2D eigenvalue weighted by atomic mass is 10.3. The number of halogens is 1. The lowest BCUT2D eigenvalue weighted by Crippen LogP contribution is -2.22. The normalized spacial score (nSPS) is 11.4. The average Bonchev–Trinajstić information content (AvgIpc) is 3.27. The van der Waals surface area contributed by atoms with Crippen molar-refractivity contribution < 1.29 is 0 Å². The van der Waals surface area contributed by atoms with Gasteiger partial charge in [-0.2, -0.15) is 0 Å². The van der Waals surface area contributed by atoms with E-state index in [0.29, 0.717) is 39.3 Å². The topological polar surface area (TPSA) is 65.6 Å². The van der Waals surface area contributed by atoms with E-state index < -0.39 is 0 Å². The maximum Gasteiger partial charge on any atom is 0.286 e. The Morgan fingerprint density at radius 3 is 2.67 bits per heavy atom. The van der Waals surface area contributed by atoms with Crippen molar-refractivity contribution in [1.82, 2.24) is 24.1 Å². The molecule has 0 radical (unpaired) electrons. The predicted molar refractivity (Wildman–Crippen MR) is 110 cm³/mol. The molecule has 0 N–H and O–H groups in total. The summed E-state index contributed by atoms with van der Waals surface area (Å²) < 4.78 is 3.47. The minimum Gasteiger partial charge on any atom is -0.315 e. The summed E-state index contributed by atoms with van der Waals surface area (Å²) in [6.45, 7) is 4.67. The molecule has 3 aromatic heterocycles. The first kappa shape index (κ1) is 18.2. The zero-order valence-electron chi connectivity index (χ0n) is 14.7. The molecule has 0 unspecified atom stereocenters. The number of hydrogen-bond acceptors (Lipinski definition) is 6. The molecule has 0 atom stereocenters. The molecule has 1 aromatic carbocycles. The van der Waals surface area contributed by atoms with E-state index in [2.05, 4.69) is 9.97 Å². The van der Waals surface area contributed by atoms with Crippen LogP contribution in [0.15, 0.2) is 45.9 Å². The molecule has 4 rings (SSSR count). The van der Waals surface area contributed by atoms with Crippen LogP contribution in [0.5, 0.6) is 0 Å². The Balaban J connectivity index is 1.86. The maximum absolute atomic E-state index is 13.2. The molecule has 0 spiro atoms. The van der Waals surface area contributed by atoms with E-state index in [1.807, 2.05) is 35.9 Å². The molecular weight excluding hydrogens is 402 g/mol. The highest BCUT2D eigenvalue weighted by Gasteiger charge is 2.17. The number of fused-ring (bicyclic) bond motifs is 1. The second kappa shape index (κ2) is 7.46. The molecule has 4 aromatic rings. The van der Waals surface area contributed by atoms with Gasteiger partial charge in [-0.05, 0) is 38.1 Å². The van der Waals surface area contributed by atoms with Crippen LogP contribution in [0.1, 0.15) is 17.6 Å². The molecule has 3 heterocycles. The van der Waals surface area contributed by atoms with Gasteiger partial charge in [0.2, 0.25) is 0 Å². The zero-order valence-corrected chi connectivity index (χ0v) is 17.1. The van der Waals surface area contributed by atoms with Crippen molar-refractivity contribution in [3.8, 4) is 5.69 Å². The van der Waals surface area contributed by atoms with Crippen molar-refractivity contribution in [2.24, 2.45) is 0 Å². The first-order chi connectivity index (χ1) is 13.1. The smallest absolute Gasteiger partial charge is 0.286 e. The lowest BCUT2D eigenvalue weighted by molar-refractivity contribution is 0.754. The van der Waals surface area contributed by atoms with E-state index >= 15 is 0 Å². The number of thioether (sulfide) groups is 1. The Kier molecular flexibility index (Phi) is 5.03. The lowest BCUT2D eigenvalue weighted by Gasteiger charge is -2.12. The van der Waals surface area contributed by atoms with Crippen LogP contribution < -0.4 is 5.56 Å². The molecular formula is C18H16ClN5OS2. The van der Waals surface area contributed by atoms with Gasteiger partial charge in [0.25, 0.3) is 5.56 Å². The Bertz CT molecular complexity index is 1160. The summed E-state index contributed by atoms with van der Waals surface area (Å²) in [6, 6.07) is 7.14. The maximum atomic E-state index is 13.2. The largest absolute Gasteiger partial charge is 0.315 e. The number of imidazole rings is 1. The Hall–Kier alpha value is -2.16. The number of nitrogens with zero attached hydrogens (tertiary/aromatic N) is 5. The van der Waals surface area contributed by atoms with E-state index in [1.54, 1.807) is 34.4 Å². The molecule has 27 heavy (non-hydrogen) atoms. The molecule has 9 heteroatoms. The van der Waals surface area contributed by atoms with Gasteiger partial charge >= 0.3 is 0 Å². The van der Waals surface area contributed by atoms with Gasteiger partial charge in [-0.15, -0.1) is 11.3 Å². The highest BCUT2D eigenvalue weighted by atomic mass is 35.5. The van der Waals surface area contributed by atoms with Gasteiger partial charge in [-0.3, -0.25) is 9.36 Å². The second-order valence-electron chi connectivity index (χ2n) is 5.86. The fourth-order valence-corrected chi connectivity index (χ4v) is 4.47. The van der Waals surface area contributed by atoms with E-state index in [4.69, 9.17) is 16.6 Å². The summed E-state index contributed by atoms with van der Waals surface area (Å²) in [4.78, 5) is 26.7. The fourth-order valence-electron chi connectivity index (χ4n) is 2.74. The van der Waals surface area contributed by atoms with Crippen molar-refractivity contribution in [2.45, 2.75) is 31.3 Å². The number of aromatic nitrogens is 5. The van der Waals surface area contributed by atoms with Crippen molar-refractivity contribution in [3.63, 3.8) is 0 Å². The summed E-state index contributed by atoms with van der Waals surface area (Å²) >= 11 is 9.11. The van der Waals surface area contributed by atoms with Gasteiger partial charge in [0, 0.05) is 22.7 Å². The van der Waals surface area contributed by atoms with Gasteiger partial charge in [0.15, 0.2) is 16.3 Å². The van der Waals surface area contributed by atoms with Crippen LogP contribution in [0.3, 0.4) is 0 Å². The van der Waals surface area contributed by atoms with Crippen molar-refractivity contribution >= 4 is 45.9 Å². The van der Waals surface area contributed by atoms with Gasteiger partial charge < -0.3 is 4.57 Å². The molecule has 0 aliphatic carbocycles. The standard InChI is InChI=1S/C18H16ClN5OS2/c1-3-23-10-20-15-16(23)22-18(27-9-13-8-26-11(2)21-13)24(17(15)25)14-6-4-12(19)5-7-14/h4-8,10H,3,9H2,1-2H3. The molecule has 0 saturated carbocycles. The van der Waals surface area contributed by atoms with Crippen molar-refractivity contribution in [3.05, 3.63) is 62.1 Å². The number of aryl methyl sites for hydroxylation is 2. The molecule has 0 bridgehead atoms. The quantitative estimate of drug-likeness (QED) is 0.357. The fraction of sp³-hybridized carbons (Fsp3) is 0.222. The van der Waals surface area contributed by atoms with Crippen molar-refractivity contribution in [1.29, 1.82) is 0 Å². The number of hydrogen-bond donors (Lipinski definition) is 0. The third kappa shape index (κ3) is 3.52. The second-order valence-corrected chi connectivity index (χ2v) is 8.30. The molecule has 6 nitrogen and oxygen atoms in total. The van der Waals surface area contributed by atoms with Crippen LogP contribution in [-0.2, 0) is 12.3 Å². The van der Waals surface area contributed by atoms with Crippen LogP contribution >= 0.6 is 34.7 Å². The van der Waals surface area contributed by atoms with E-state index in [9.17, 15) is 4.79 Å². The highest BCUT2D eigenvalue weighted by Crippen LogP contribution is 2.25. The first-order valence-corrected chi connectivity index (χ1v) is 10.6. The van der Waals surface area contributed by atoms with Crippen LogP contribution in [0.2, 0.25) is 5.02 Å². The highest BCUT2D eigenvalue weighted by molar-refractivity contribution is 7.98. The van der Waals surface area contributed by atoms with Gasteiger partial charge in [0.05, 0.1) is 22.7 Å². The third-order valence-electron chi connectivity index (χ3n) is 4.05. The minimum atomic E-state index is -0.188. The summed E-state index contributed by atoms with van der Waals surface area (Å²) in [5.41, 5.74) is 2.46. The summed E-state index contributed by atoms with van der Waals surface area (Å²) in [5, 5.41) is 4.27. The number of thiazole rings is 1. The van der Waals surface area contributed by atoms with E-state index in [1.165, 1.54) is 11.8 Å². The minimum absolute atomic E-state index is 0.188. The van der Waals surface area contributed by atoms with Crippen LogP contribution in [0, 0.1) is 6.92 Å². The van der Waals surface area contributed by atoms with Gasteiger partial charge in [-0.25, -0.2) is 15.0 Å². The van der Waals surface area contributed by atoms with E-state index in [0.717, 1.165) is 10.7 Å². The Morgan fingerprint density at radius 2 is 2.00 bits per heavy atom. The van der Waals surface area contributed by atoms with Crippen LogP contribution in [0.25, 0.3) is 16.9 Å². The molecule has 0 saturated heterocycles. The van der Waals surface area contributed by atoms with Crippen molar-refractivity contribution in [2.75, 3.05) is 0 Å². The summed E-state index contributed by atoms with van der Waals surface area (Å²) in [5.74, 6) is 0.635. The first-order valence-electron chi connectivity index (χ1n) is 8.34. The van der Waals surface area contributed by atoms with E-state index in [-0.39, 0.29) is 5.56 Å². The zero-order chi connectivity index (χ0) is 19.0. The van der Waals surface area contributed by atoms with Gasteiger partial charge in [0.1, 0.15) is 0 Å². The number of rotatable bonds is 5. The van der Waals surface area contributed by atoms with Gasteiger partial charge in [-0.1, -0.05) is 23.4 Å². The van der Waals surface area contributed by atoms with Crippen LogP contribution in [-0.4, -0.2) is 24.1 Å². The predicted octanol–water partition coefficient (Wildman–Crippen LogP) is 4.31. The molecule has 138 valence electrons. The Morgan fingerprint density at radius 1 is 1.22 bits per heavy atom. The molecule has 0 fully saturated rings. The number of benzene rings is 1. The van der Waals surface area contributed by atoms with Crippen LogP contribution in [0.4, 0.5) is 0 Å². The Labute approximate surface area is 168 Å². The average molecular weight is 418 g/mol. The summed E-state index contributed by atoms with van der Waals surface area (Å²) in [6.07, 6.45) is 1.66. The summed E-state index contributed by atoms with van der Waals surface area (Å²) in [7, 11) is 0. The molecule has 0 aliphatic heterocycles. The molecule has 0 aliphatic rings.